The first-order chi connectivity index (χ1) is 24.9. The summed E-state index contributed by atoms with van der Waals surface area (Å²) >= 11 is 0. The Morgan fingerprint density at radius 1 is 0.615 bits per heavy atom. The molecule has 0 atom stereocenters. The molecule has 6 aromatic carbocycles. The predicted molar refractivity (Wildman–Crippen MR) is 216 cm³/mol. The number of hydrogen-bond acceptors (Lipinski definition) is 2. The van der Waals surface area contributed by atoms with E-state index in [-0.39, 0.29) is 17.5 Å². The number of nitrogens with zero attached hydrogens (tertiary/aromatic N) is 2. The number of ether oxygens (including phenoxy) is 2. The highest BCUT2D eigenvalue weighted by Crippen LogP contribution is 2.42. The van der Waals surface area contributed by atoms with Crippen LogP contribution < -0.4 is 30.4 Å². The average Bonchev–Trinajstić information content (AvgIpc) is 3.42. The Balaban J connectivity index is 1.27. The molecule has 0 spiro atoms. The molecule has 0 saturated carbocycles. The largest absolute Gasteiger partial charge is 0.458 e. The number of aryl methyl sites for hydroxylation is 2. The van der Waals surface area contributed by atoms with Gasteiger partial charge in [0, 0.05) is 21.8 Å². The van der Waals surface area contributed by atoms with E-state index in [2.05, 4.69) is 174 Å². The minimum absolute atomic E-state index is 0.00263. The fourth-order valence-corrected chi connectivity index (χ4v) is 8.83. The second-order valence-electron chi connectivity index (χ2n) is 16.9. The summed E-state index contributed by atoms with van der Waals surface area (Å²) in [7, 11) is 2.20. The number of pyridine rings is 1. The van der Waals surface area contributed by atoms with Crippen molar-refractivity contribution in [3.8, 4) is 34.1 Å². The van der Waals surface area contributed by atoms with E-state index in [0.29, 0.717) is 0 Å². The van der Waals surface area contributed by atoms with Gasteiger partial charge in [-0.1, -0.05) is 108 Å². The summed E-state index contributed by atoms with van der Waals surface area (Å²) in [6.07, 6.45) is 0. The van der Waals surface area contributed by atoms with Crippen molar-refractivity contribution in [2.75, 3.05) is 0 Å². The van der Waals surface area contributed by atoms with Crippen molar-refractivity contribution >= 4 is 61.5 Å². The minimum atomic E-state index is -0.00263. The molecule has 0 saturated heterocycles. The molecule has 0 aliphatic carbocycles. The number of hydrogen-bond donors (Lipinski definition) is 0. The van der Waals surface area contributed by atoms with Gasteiger partial charge in [0.2, 0.25) is 0 Å². The van der Waals surface area contributed by atoms with Crippen LogP contribution in [0.4, 0.5) is 0 Å². The van der Waals surface area contributed by atoms with Crippen LogP contribution in [0.2, 0.25) is 0 Å². The zero-order chi connectivity index (χ0) is 35.8. The molecule has 4 nitrogen and oxygen atoms in total. The zero-order valence-electron chi connectivity index (χ0n) is 31.2. The lowest BCUT2D eigenvalue weighted by atomic mass is 9.34. The summed E-state index contributed by atoms with van der Waals surface area (Å²) in [5.74, 6) is 3.53. The Labute approximate surface area is 305 Å². The minimum Gasteiger partial charge on any atom is -0.458 e. The van der Waals surface area contributed by atoms with E-state index in [4.69, 9.17) is 9.47 Å². The Kier molecular flexibility index (Phi) is 6.31. The first-order valence-electron chi connectivity index (χ1n) is 18.4. The van der Waals surface area contributed by atoms with E-state index in [1.807, 2.05) is 0 Å². The molecule has 2 aromatic heterocycles. The first kappa shape index (κ1) is 31.2. The molecule has 0 radical (unpaired) electrons. The normalized spacial score (nSPS) is 13.7. The second-order valence-corrected chi connectivity index (χ2v) is 16.9. The highest BCUT2D eigenvalue weighted by atomic mass is 16.5. The molecule has 2 aliphatic rings. The van der Waals surface area contributed by atoms with Crippen molar-refractivity contribution in [2.24, 2.45) is 7.05 Å². The van der Waals surface area contributed by atoms with Crippen molar-refractivity contribution in [1.82, 2.24) is 4.40 Å². The van der Waals surface area contributed by atoms with E-state index in [9.17, 15) is 0 Å². The molecule has 254 valence electrons. The lowest BCUT2D eigenvalue weighted by Crippen LogP contribution is -2.57. The van der Waals surface area contributed by atoms with Gasteiger partial charge in [-0.3, -0.25) is 0 Å². The number of aromatic nitrogens is 2. The number of para-hydroxylation sites is 2. The molecule has 0 amide bonds. The Morgan fingerprint density at radius 2 is 1.21 bits per heavy atom. The van der Waals surface area contributed by atoms with Crippen molar-refractivity contribution in [2.45, 2.75) is 59.3 Å². The Bertz CT molecular complexity index is 2760. The monoisotopic (exact) mass is 677 g/mol. The van der Waals surface area contributed by atoms with Crippen LogP contribution in [0, 0.1) is 6.92 Å². The molecule has 0 fully saturated rings. The summed E-state index contributed by atoms with van der Waals surface area (Å²) in [4.78, 5) is 0. The highest BCUT2D eigenvalue weighted by Gasteiger charge is 2.42. The number of fused-ring (bicyclic) bond motifs is 12. The lowest BCUT2D eigenvalue weighted by Gasteiger charge is -2.35. The van der Waals surface area contributed by atoms with Crippen LogP contribution in [0.25, 0.3) is 49.5 Å². The fraction of sp³-hybridized carbons (Fsp3) is 0.213. The maximum Gasteiger partial charge on any atom is 0.295 e. The van der Waals surface area contributed by atoms with Gasteiger partial charge in [0.05, 0.1) is 12.4 Å². The van der Waals surface area contributed by atoms with E-state index < -0.39 is 0 Å². The van der Waals surface area contributed by atoms with Gasteiger partial charge < -0.3 is 9.47 Å². The maximum absolute atomic E-state index is 6.92. The summed E-state index contributed by atoms with van der Waals surface area (Å²) < 4.78 is 18.7. The molecule has 0 bridgehead atoms. The van der Waals surface area contributed by atoms with Crippen LogP contribution in [-0.4, -0.2) is 11.1 Å². The smallest absolute Gasteiger partial charge is 0.295 e. The molecule has 0 N–H and O–H groups in total. The molecule has 52 heavy (non-hydrogen) atoms. The van der Waals surface area contributed by atoms with Gasteiger partial charge in [0.25, 0.3) is 12.4 Å². The number of benzene rings is 6. The van der Waals surface area contributed by atoms with Crippen molar-refractivity contribution < 1.29 is 14.0 Å². The third-order valence-electron chi connectivity index (χ3n) is 11.6. The SMILES string of the molecule is Cc1cccc2c3ccccc3n3c4c(-c5cc6c7c(c5)Oc5ccc(C(C)(C)C)cc5B7c5cc(C(C)(C)C)ccc5O6)cccc4[n+](C)c3c12. The van der Waals surface area contributed by atoms with Gasteiger partial charge >= 0.3 is 0 Å². The molecule has 5 heteroatoms. The standard InChI is InChI=1S/C47H42BN2O2/c1-27-13-11-16-33-32-14-9-10-17-36(32)50-44-31(15-12-18-37(44)49(8)45(50)42(27)33)28-23-40-43-41(24-28)52-39-22-20-30(47(5,6)7)26-35(39)48(43)34-25-29(46(2,3)4)19-21-38(34)51-40/h9-26H,1-8H3/q+1. The summed E-state index contributed by atoms with van der Waals surface area (Å²) in [6, 6.07) is 40.1. The summed E-state index contributed by atoms with van der Waals surface area (Å²) in [5.41, 5.74) is 14.3. The van der Waals surface area contributed by atoms with Crippen LogP contribution in [0.15, 0.2) is 109 Å². The van der Waals surface area contributed by atoms with E-state index in [1.54, 1.807) is 0 Å². The van der Waals surface area contributed by atoms with Gasteiger partial charge in [-0.15, -0.1) is 0 Å². The lowest BCUT2D eigenvalue weighted by molar-refractivity contribution is -0.617. The Morgan fingerprint density at radius 3 is 1.85 bits per heavy atom. The first-order valence-corrected chi connectivity index (χ1v) is 18.4. The van der Waals surface area contributed by atoms with Crippen LogP contribution in [0.1, 0.15) is 58.2 Å². The van der Waals surface area contributed by atoms with Gasteiger partial charge in [-0.05, 0) is 93.4 Å². The topological polar surface area (TPSA) is 26.8 Å². The molecule has 2 aliphatic heterocycles. The molecular formula is C47H42BN2O2+. The second kappa shape index (κ2) is 10.5. The fourth-order valence-electron chi connectivity index (χ4n) is 8.83. The molecule has 8 aromatic rings. The average molecular weight is 678 g/mol. The van der Waals surface area contributed by atoms with Crippen LogP contribution in [-0.2, 0) is 17.9 Å². The third-order valence-corrected chi connectivity index (χ3v) is 11.6. The summed E-state index contributed by atoms with van der Waals surface area (Å²) in [6.45, 7) is 15.9. The van der Waals surface area contributed by atoms with Crippen molar-refractivity contribution in [3.63, 3.8) is 0 Å². The van der Waals surface area contributed by atoms with Crippen LogP contribution >= 0.6 is 0 Å². The number of rotatable bonds is 1. The van der Waals surface area contributed by atoms with E-state index in [1.165, 1.54) is 66.0 Å². The highest BCUT2D eigenvalue weighted by molar-refractivity contribution is 6.98. The quantitative estimate of drug-likeness (QED) is 0.0984. The van der Waals surface area contributed by atoms with Gasteiger partial charge in [0.15, 0.2) is 11.0 Å². The van der Waals surface area contributed by atoms with E-state index in [0.717, 1.165) is 39.6 Å². The van der Waals surface area contributed by atoms with Gasteiger partial charge in [-0.2, -0.15) is 4.40 Å². The van der Waals surface area contributed by atoms with Gasteiger partial charge in [-0.25, -0.2) is 4.57 Å². The third kappa shape index (κ3) is 4.32. The predicted octanol–water partition coefficient (Wildman–Crippen LogP) is 9.52. The molecule has 10 rings (SSSR count). The summed E-state index contributed by atoms with van der Waals surface area (Å²) in [5, 5.41) is 3.79. The molecule has 4 heterocycles. The Hall–Kier alpha value is -5.55. The molecular weight excluding hydrogens is 635 g/mol. The zero-order valence-corrected chi connectivity index (χ0v) is 31.2. The van der Waals surface area contributed by atoms with E-state index >= 15 is 0 Å². The van der Waals surface area contributed by atoms with Crippen molar-refractivity contribution in [1.29, 1.82) is 0 Å². The maximum atomic E-state index is 6.92. The number of imidazole rings is 1. The van der Waals surface area contributed by atoms with Crippen LogP contribution in [0.3, 0.4) is 0 Å². The van der Waals surface area contributed by atoms with Crippen molar-refractivity contribution in [3.05, 3.63) is 126 Å². The molecule has 0 unspecified atom stereocenters. The van der Waals surface area contributed by atoms with Crippen LogP contribution in [0.5, 0.6) is 23.0 Å². The van der Waals surface area contributed by atoms with Gasteiger partial charge in [0.1, 0.15) is 28.5 Å².